The Hall–Kier alpha value is -2.11. The quantitative estimate of drug-likeness (QED) is 0.739. The first-order valence-corrected chi connectivity index (χ1v) is 6.49. The van der Waals surface area contributed by atoms with Crippen LogP contribution in [0, 0.1) is 0 Å². The highest BCUT2D eigenvalue weighted by atomic mass is 16.2. The van der Waals surface area contributed by atoms with Crippen molar-refractivity contribution in [2.24, 2.45) is 0 Å². The van der Waals surface area contributed by atoms with Gasteiger partial charge in [0.25, 0.3) is 5.91 Å². The third-order valence-electron chi connectivity index (χ3n) is 2.96. The number of piperidine rings is 1. The Kier molecular flexibility index (Phi) is 4.33. The summed E-state index contributed by atoms with van der Waals surface area (Å²) in [7, 11) is 0. The van der Waals surface area contributed by atoms with Gasteiger partial charge in [-0.1, -0.05) is 0 Å². The summed E-state index contributed by atoms with van der Waals surface area (Å²) in [6.07, 6.45) is 3.12. The second-order valence-electron chi connectivity index (χ2n) is 4.42. The Morgan fingerprint density at radius 3 is 3.16 bits per heavy atom. The van der Waals surface area contributed by atoms with E-state index in [0.29, 0.717) is 18.7 Å². The molecule has 2 rings (SSSR count). The first kappa shape index (κ1) is 13.3. The van der Waals surface area contributed by atoms with Crippen molar-refractivity contribution < 1.29 is 9.59 Å². The molecule has 1 aromatic rings. The summed E-state index contributed by atoms with van der Waals surface area (Å²) in [5.74, 6) is -0.441. The predicted octanol–water partition coefficient (Wildman–Crippen LogP) is 0.522. The van der Waals surface area contributed by atoms with Crippen molar-refractivity contribution >= 4 is 17.5 Å². The van der Waals surface area contributed by atoms with Crippen LogP contribution in [0.5, 0.6) is 0 Å². The van der Waals surface area contributed by atoms with Crippen molar-refractivity contribution in [1.82, 2.24) is 15.6 Å². The van der Waals surface area contributed by atoms with E-state index in [1.165, 1.54) is 0 Å². The molecule has 1 saturated heterocycles. The van der Waals surface area contributed by atoms with Crippen molar-refractivity contribution in [2.75, 3.05) is 18.4 Å². The number of carbonyl (C=O) groups excluding carboxylic acids is 2. The van der Waals surface area contributed by atoms with Crippen LogP contribution in [0.4, 0.5) is 5.69 Å². The maximum absolute atomic E-state index is 12.0. The largest absolute Gasteiger partial charge is 0.385 e. The summed E-state index contributed by atoms with van der Waals surface area (Å²) < 4.78 is 0. The number of amides is 2. The van der Waals surface area contributed by atoms with E-state index in [4.69, 9.17) is 0 Å². The predicted molar refractivity (Wildman–Crippen MR) is 71.9 cm³/mol. The lowest BCUT2D eigenvalue weighted by atomic mass is 10.1. The van der Waals surface area contributed by atoms with Gasteiger partial charge in [0, 0.05) is 25.0 Å². The molecule has 1 aliphatic heterocycles. The highest BCUT2D eigenvalue weighted by Crippen LogP contribution is 2.09. The van der Waals surface area contributed by atoms with E-state index >= 15 is 0 Å². The summed E-state index contributed by atoms with van der Waals surface area (Å²) >= 11 is 0. The molecule has 6 nitrogen and oxygen atoms in total. The lowest BCUT2D eigenvalue weighted by molar-refractivity contribution is -0.124. The number of pyridine rings is 1. The molecule has 1 fully saturated rings. The fourth-order valence-electron chi connectivity index (χ4n) is 2.01. The van der Waals surface area contributed by atoms with Crippen LogP contribution in [0.1, 0.15) is 30.3 Å². The fourth-order valence-corrected chi connectivity index (χ4v) is 2.01. The molecule has 19 heavy (non-hydrogen) atoms. The molecular weight excluding hydrogens is 244 g/mol. The third kappa shape index (κ3) is 3.43. The summed E-state index contributed by atoms with van der Waals surface area (Å²) in [5.41, 5.74) is 1.16. The van der Waals surface area contributed by atoms with E-state index < -0.39 is 6.04 Å². The van der Waals surface area contributed by atoms with E-state index in [2.05, 4.69) is 20.9 Å². The Bertz CT molecular complexity index is 475. The number of carbonyl (C=O) groups is 2. The van der Waals surface area contributed by atoms with Gasteiger partial charge in [0.2, 0.25) is 5.91 Å². The lowest BCUT2D eigenvalue weighted by Gasteiger charge is -2.22. The van der Waals surface area contributed by atoms with Crippen molar-refractivity contribution in [3.8, 4) is 0 Å². The van der Waals surface area contributed by atoms with Crippen molar-refractivity contribution in [1.29, 1.82) is 0 Å². The number of nitrogens with one attached hydrogen (secondary N) is 3. The normalized spacial score (nSPS) is 18.6. The Morgan fingerprint density at radius 2 is 2.42 bits per heavy atom. The number of aromatic nitrogens is 1. The third-order valence-corrected chi connectivity index (χ3v) is 2.96. The second-order valence-corrected chi connectivity index (χ2v) is 4.42. The summed E-state index contributed by atoms with van der Waals surface area (Å²) in [6.45, 7) is 3.43. The van der Waals surface area contributed by atoms with Gasteiger partial charge in [0.05, 0.1) is 0 Å². The monoisotopic (exact) mass is 262 g/mol. The molecular formula is C13H18N4O2. The SMILES string of the molecule is CCNc1ccnc(C(=O)NC2CCCNC2=O)c1. The van der Waals surface area contributed by atoms with E-state index in [-0.39, 0.29) is 11.8 Å². The van der Waals surface area contributed by atoms with Crippen LogP contribution in [0.2, 0.25) is 0 Å². The molecule has 2 heterocycles. The Morgan fingerprint density at radius 1 is 1.58 bits per heavy atom. The molecule has 1 aromatic heterocycles. The van der Waals surface area contributed by atoms with Crippen molar-refractivity contribution in [2.45, 2.75) is 25.8 Å². The molecule has 0 aliphatic carbocycles. The van der Waals surface area contributed by atoms with Crippen LogP contribution in [0.15, 0.2) is 18.3 Å². The standard InChI is InChI=1S/C13H18N4O2/c1-2-14-9-5-7-15-11(8-9)13(19)17-10-4-3-6-16-12(10)18/h5,7-8,10H,2-4,6H2,1H3,(H,14,15)(H,16,18)(H,17,19). The van der Waals surface area contributed by atoms with Gasteiger partial charge in [-0.25, -0.2) is 0 Å². The van der Waals surface area contributed by atoms with Crippen LogP contribution >= 0.6 is 0 Å². The second kappa shape index (κ2) is 6.17. The van der Waals surface area contributed by atoms with Crippen LogP contribution in [0.3, 0.4) is 0 Å². The fraction of sp³-hybridized carbons (Fsp3) is 0.462. The first-order chi connectivity index (χ1) is 9.20. The first-order valence-electron chi connectivity index (χ1n) is 6.49. The summed E-state index contributed by atoms with van der Waals surface area (Å²) in [4.78, 5) is 27.6. The van der Waals surface area contributed by atoms with Gasteiger partial charge in [-0.15, -0.1) is 0 Å². The van der Waals surface area contributed by atoms with Gasteiger partial charge in [-0.05, 0) is 31.9 Å². The molecule has 3 N–H and O–H groups in total. The molecule has 0 spiro atoms. The molecule has 0 radical (unpaired) electrons. The van der Waals surface area contributed by atoms with Gasteiger partial charge in [-0.3, -0.25) is 14.6 Å². The van der Waals surface area contributed by atoms with Crippen LogP contribution in [0.25, 0.3) is 0 Å². The number of nitrogens with zero attached hydrogens (tertiary/aromatic N) is 1. The van der Waals surface area contributed by atoms with Gasteiger partial charge < -0.3 is 16.0 Å². The highest BCUT2D eigenvalue weighted by Gasteiger charge is 2.24. The van der Waals surface area contributed by atoms with E-state index in [9.17, 15) is 9.59 Å². The van der Waals surface area contributed by atoms with Crippen LogP contribution < -0.4 is 16.0 Å². The molecule has 0 bridgehead atoms. The number of hydrogen-bond acceptors (Lipinski definition) is 4. The van der Waals surface area contributed by atoms with Crippen LogP contribution in [-0.4, -0.2) is 35.9 Å². The number of anilines is 1. The molecule has 1 aliphatic rings. The maximum Gasteiger partial charge on any atom is 0.270 e. The van der Waals surface area contributed by atoms with E-state index in [1.807, 2.05) is 6.92 Å². The topological polar surface area (TPSA) is 83.1 Å². The summed E-state index contributed by atoms with van der Waals surface area (Å²) in [5, 5.41) is 8.56. The number of hydrogen-bond donors (Lipinski definition) is 3. The highest BCUT2D eigenvalue weighted by molar-refractivity contribution is 5.96. The Labute approximate surface area is 112 Å². The number of rotatable bonds is 4. The minimum absolute atomic E-state index is 0.123. The van der Waals surface area contributed by atoms with Crippen molar-refractivity contribution in [3.05, 3.63) is 24.0 Å². The molecule has 0 aromatic carbocycles. The minimum Gasteiger partial charge on any atom is -0.385 e. The molecule has 0 saturated carbocycles. The van der Waals surface area contributed by atoms with Gasteiger partial charge in [-0.2, -0.15) is 0 Å². The molecule has 2 amide bonds. The molecule has 6 heteroatoms. The average molecular weight is 262 g/mol. The molecule has 1 atom stereocenters. The Balaban J connectivity index is 2.02. The van der Waals surface area contributed by atoms with Gasteiger partial charge >= 0.3 is 0 Å². The zero-order valence-electron chi connectivity index (χ0n) is 10.9. The zero-order chi connectivity index (χ0) is 13.7. The van der Waals surface area contributed by atoms with Gasteiger partial charge in [0.1, 0.15) is 11.7 Å². The van der Waals surface area contributed by atoms with Crippen LogP contribution in [-0.2, 0) is 4.79 Å². The van der Waals surface area contributed by atoms with E-state index in [0.717, 1.165) is 18.7 Å². The van der Waals surface area contributed by atoms with Gasteiger partial charge in [0.15, 0.2) is 0 Å². The van der Waals surface area contributed by atoms with E-state index in [1.54, 1.807) is 18.3 Å². The zero-order valence-corrected chi connectivity index (χ0v) is 10.9. The summed E-state index contributed by atoms with van der Waals surface area (Å²) in [6, 6.07) is 3.03. The lowest BCUT2D eigenvalue weighted by Crippen LogP contribution is -2.50. The minimum atomic E-state index is -0.453. The smallest absolute Gasteiger partial charge is 0.270 e. The molecule has 1 unspecified atom stereocenters. The average Bonchev–Trinajstić information content (AvgIpc) is 2.42. The molecule has 102 valence electrons. The van der Waals surface area contributed by atoms with Crippen molar-refractivity contribution in [3.63, 3.8) is 0 Å². The maximum atomic E-state index is 12.0.